The van der Waals surface area contributed by atoms with Crippen molar-refractivity contribution in [3.8, 4) is 5.75 Å². The van der Waals surface area contributed by atoms with Gasteiger partial charge in [-0.15, -0.1) is 11.3 Å². The number of hydrogen-bond donors (Lipinski definition) is 1. The molecule has 2 aromatic rings. The highest BCUT2D eigenvalue weighted by atomic mass is 35.5. The number of phenols is 1. The number of aromatic hydroxyl groups is 1. The van der Waals surface area contributed by atoms with E-state index in [1.807, 2.05) is 0 Å². The molecule has 5 heteroatoms. The number of phenolic OH excluding ortho intramolecular Hbond substituents is 1. The number of ketones is 2. The minimum absolute atomic E-state index is 0.0763. The zero-order valence-corrected chi connectivity index (χ0v) is 10.8. The van der Waals surface area contributed by atoms with Gasteiger partial charge in [-0.25, -0.2) is 0 Å². The highest BCUT2D eigenvalue weighted by Gasteiger charge is 2.17. The van der Waals surface area contributed by atoms with Gasteiger partial charge in [-0.1, -0.05) is 17.7 Å². The molecule has 2 rings (SSSR count). The Morgan fingerprint density at radius 1 is 1.22 bits per heavy atom. The standard InChI is InChI=1S/C13H9ClO3S/c14-8-3-4-10(15)9(6-8)11(16)7-12(17)13-2-1-5-18-13/h1-6,15H,7H2. The third-order valence-electron chi connectivity index (χ3n) is 2.38. The molecule has 0 bridgehead atoms. The van der Waals surface area contributed by atoms with Gasteiger partial charge < -0.3 is 5.11 Å². The summed E-state index contributed by atoms with van der Waals surface area (Å²) < 4.78 is 0. The summed E-state index contributed by atoms with van der Waals surface area (Å²) in [6, 6.07) is 7.60. The van der Waals surface area contributed by atoms with Crippen molar-refractivity contribution in [3.63, 3.8) is 0 Å². The maximum absolute atomic E-state index is 11.9. The van der Waals surface area contributed by atoms with E-state index in [2.05, 4.69) is 0 Å². The second-order valence-corrected chi connectivity index (χ2v) is 5.05. The summed E-state index contributed by atoms with van der Waals surface area (Å²) in [5.41, 5.74) is 0.0763. The Morgan fingerprint density at radius 3 is 2.67 bits per heavy atom. The molecule has 0 radical (unpaired) electrons. The fourth-order valence-electron chi connectivity index (χ4n) is 1.50. The first-order chi connectivity index (χ1) is 8.58. The van der Waals surface area contributed by atoms with Gasteiger partial charge in [0.25, 0.3) is 0 Å². The molecule has 0 saturated carbocycles. The molecule has 1 aromatic heterocycles. The Hall–Kier alpha value is -1.65. The van der Waals surface area contributed by atoms with E-state index in [1.54, 1.807) is 17.5 Å². The highest BCUT2D eigenvalue weighted by molar-refractivity contribution is 7.12. The van der Waals surface area contributed by atoms with Crippen LogP contribution in [-0.2, 0) is 0 Å². The van der Waals surface area contributed by atoms with E-state index in [0.29, 0.717) is 9.90 Å². The molecule has 18 heavy (non-hydrogen) atoms. The minimum atomic E-state index is -0.437. The van der Waals surface area contributed by atoms with E-state index in [9.17, 15) is 14.7 Å². The number of carbonyl (C=O) groups excluding carboxylic acids is 2. The fourth-order valence-corrected chi connectivity index (χ4v) is 2.33. The Labute approximate surface area is 113 Å². The SMILES string of the molecule is O=C(CC(=O)c1cc(Cl)ccc1O)c1cccs1. The van der Waals surface area contributed by atoms with Gasteiger partial charge in [-0.2, -0.15) is 0 Å². The molecular weight excluding hydrogens is 272 g/mol. The van der Waals surface area contributed by atoms with Crippen molar-refractivity contribution in [3.05, 3.63) is 51.2 Å². The third-order valence-corrected chi connectivity index (χ3v) is 3.52. The van der Waals surface area contributed by atoms with Gasteiger partial charge in [-0.05, 0) is 29.6 Å². The predicted octanol–water partition coefficient (Wildman–Crippen LogP) is 3.56. The van der Waals surface area contributed by atoms with Crippen LogP contribution in [0.4, 0.5) is 0 Å². The molecule has 92 valence electrons. The van der Waals surface area contributed by atoms with Crippen LogP contribution in [0.5, 0.6) is 5.75 Å². The normalized spacial score (nSPS) is 10.3. The third kappa shape index (κ3) is 2.78. The smallest absolute Gasteiger partial charge is 0.180 e. The quantitative estimate of drug-likeness (QED) is 0.688. The van der Waals surface area contributed by atoms with E-state index in [0.717, 1.165) is 0 Å². The van der Waals surface area contributed by atoms with Gasteiger partial charge in [0, 0.05) is 5.02 Å². The van der Waals surface area contributed by atoms with Crippen molar-refractivity contribution < 1.29 is 14.7 Å². The molecule has 0 saturated heterocycles. The molecule has 0 atom stereocenters. The number of halogens is 1. The first kappa shape index (κ1) is 12.8. The summed E-state index contributed by atoms with van der Waals surface area (Å²) in [4.78, 5) is 24.2. The Kier molecular flexibility index (Phi) is 3.79. The largest absolute Gasteiger partial charge is 0.507 e. The molecular formula is C13H9ClO3S. The zero-order chi connectivity index (χ0) is 13.1. The highest BCUT2D eigenvalue weighted by Crippen LogP contribution is 2.23. The first-order valence-electron chi connectivity index (χ1n) is 5.16. The van der Waals surface area contributed by atoms with Gasteiger partial charge in [-0.3, -0.25) is 9.59 Å². The van der Waals surface area contributed by atoms with E-state index < -0.39 is 5.78 Å². The van der Waals surface area contributed by atoms with Gasteiger partial charge >= 0.3 is 0 Å². The van der Waals surface area contributed by atoms with Crippen LogP contribution >= 0.6 is 22.9 Å². The molecule has 0 unspecified atom stereocenters. The lowest BCUT2D eigenvalue weighted by atomic mass is 10.0. The number of rotatable bonds is 4. The second kappa shape index (κ2) is 5.33. The maximum Gasteiger partial charge on any atom is 0.180 e. The van der Waals surface area contributed by atoms with Crippen LogP contribution in [-0.4, -0.2) is 16.7 Å². The van der Waals surface area contributed by atoms with Crippen LogP contribution in [0.25, 0.3) is 0 Å². The van der Waals surface area contributed by atoms with E-state index >= 15 is 0 Å². The summed E-state index contributed by atoms with van der Waals surface area (Å²) in [5.74, 6) is -0.855. The Morgan fingerprint density at radius 2 is 2.00 bits per heavy atom. The molecule has 0 aliphatic carbocycles. The Balaban J connectivity index is 2.17. The van der Waals surface area contributed by atoms with E-state index in [1.165, 1.54) is 29.5 Å². The van der Waals surface area contributed by atoms with Crippen LogP contribution in [0.1, 0.15) is 26.5 Å². The lowest BCUT2D eigenvalue weighted by Gasteiger charge is -2.03. The molecule has 1 heterocycles. The van der Waals surface area contributed by atoms with Crippen LogP contribution < -0.4 is 0 Å². The average Bonchev–Trinajstić information content (AvgIpc) is 2.85. The van der Waals surface area contributed by atoms with Crippen LogP contribution in [0.2, 0.25) is 5.02 Å². The number of thiophene rings is 1. The van der Waals surface area contributed by atoms with Gasteiger partial charge in [0.1, 0.15) is 5.75 Å². The fraction of sp³-hybridized carbons (Fsp3) is 0.0769. The van der Waals surface area contributed by atoms with E-state index in [4.69, 9.17) is 11.6 Å². The monoisotopic (exact) mass is 280 g/mol. The second-order valence-electron chi connectivity index (χ2n) is 3.66. The lowest BCUT2D eigenvalue weighted by molar-refractivity contribution is 0.0895. The number of hydrogen-bond acceptors (Lipinski definition) is 4. The van der Waals surface area contributed by atoms with Crippen molar-refractivity contribution >= 4 is 34.5 Å². The summed E-state index contributed by atoms with van der Waals surface area (Å²) in [7, 11) is 0. The van der Waals surface area contributed by atoms with Crippen LogP contribution in [0.15, 0.2) is 35.7 Å². The number of benzene rings is 1. The molecule has 0 spiro atoms. The average molecular weight is 281 g/mol. The summed E-state index contributed by atoms with van der Waals surface area (Å²) in [6.45, 7) is 0. The first-order valence-corrected chi connectivity index (χ1v) is 6.42. The van der Waals surface area contributed by atoms with Gasteiger partial charge in [0.15, 0.2) is 11.6 Å². The van der Waals surface area contributed by atoms with Crippen molar-refractivity contribution in [1.29, 1.82) is 0 Å². The number of Topliss-reactive ketones (excluding diaryl/α,β-unsaturated/α-hetero) is 2. The van der Waals surface area contributed by atoms with Gasteiger partial charge in [0.2, 0.25) is 0 Å². The zero-order valence-electron chi connectivity index (χ0n) is 9.22. The van der Waals surface area contributed by atoms with Crippen LogP contribution in [0.3, 0.4) is 0 Å². The summed E-state index contributed by atoms with van der Waals surface area (Å²) in [6.07, 6.45) is -0.269. The van der Waals surface area contributed by atoms with Crippen molar-refractivity contribution in [2.45, 2.75) is 6.42 Å². The molecule has 0 amide bonds. The molecule has 1 N–H and O–H groups in total. The Bertz CT molecular complexity index is 590. The summed E-state index contributed by atoms with van der Waals surface area (Å²) in [5, 5.41) is 11.7. The van der Waals surface area contributed by atoms with E-state index in [-0.39, 0.29) is 23.5 Å². The maximum atomic E-state index is 11.9. The molecule has 1 aromatic carbocycles. The molecule has 0 aliphatic rings. The van der Waals surface area contributed by atoms with Gasteiger partial charge in [0.05, 0.1) is 16.9 Å². The lowest BCUT2D eigenvalue weighted by Crippen LogP contribution is -2.07. The summed E-state index contributed by atoms with van der Waals surface area (Å²) >= 11 is 7.04. The molecule has 0 aliphatic heterocycles. The van der Waals surface area contributed by atoms with Crippen LogP contribution in [0, 0.1) is 0 Å². The predicted molar refractivity (Wildman–Crippen MR) is 70.7 cm³/mol. The molecule has 3 nitrogen and oxygen atoms in total. The molecule has 0 fully saturated rings. The van der Waals surface area contributed by atoms with Crippen molar-refractivity contribution in [2.75, 3.05) is 0 Å². The van der Waals surface area contributed by atoms with Crippen molar-refractivity contribution in [1.82, 2.24) is 0 Å². The minimum Gasteiger partial charge on any atom is -0.507 e. The topological polar surface area (TPSA) is 54.4 Å². The van der Waals surface area contributed by atoms with Crippen molar-refractivity contribution in [2.24, 2.45) is 0 Å². The number of carbonyl (C=O) groups is 2.